The molecule has 0 aliphatic carbocycles. The Labute approximate surface area is 102 Å². The van der Waals surface area contributed by atoms with Gasteiger partial charge in [0.2, 0.25) is 0 Å². The number of benzene rings is 1. The minimum atomic E-state index is -0.156. The van der Waals surface area contributed by atoms with Crippen LogP contribution in [-0.2, 0) is 14.3 Å². The van der Waals surface area contributed by atoms with Crippen LogP contribution in [0.15, 0.2) is 30.3 Å². The first-order chi connectivity index (χ1) is 8.31. The summed E-state index contributed by atoms with van der Waals surface area (Å²) >= 11 is 0. The maximum Gasteiger partial charge on any atom is 0.313 e. The summed E-state index contributed by atoms with van der Waals surface area (Å²) in [5.74, 6) is -0.286. The monoisotopic (exact) mass is 234 g/mol. The third-order valence-electron chi connectivity index (χ3n) is 3.07. The van der Waals surface area contributed by atoms with Crippen LogP contribution in [0.25, 0.3) is 0 Å². The van der Waals surface area contributed by atoms with Crippen LogP contribution in [-0.4, -0.2) is 25.3 Å². The molecule has 3 heteroatoms. The van der Waals surface area contributed by atoms with Gasteiger partial charge in [0.05, 0.1) is 19.1 Å². The van der Waals surface area contributed by atoms with Crippen molar-refractivity contribution >= 4 is 5.97 Å². The second-order valence-electron chi connectivity index (χ2n) is 4.29. The van der Waals surface area contributed by atoms with E-state index in [1.165, 1.54) is 0 Å². The van der Waals surface area contributed by atoms with Gasteiger partial charge in [0.15, 0.2) is 0 Å². The third kappa shape index (κ3) is 3.07. The summed E-state index contributed by atoms with van der Waals surface area (Å²) in [4.78, 5) is 12.1. The lowest BCUT2D eigenvalue weighted by Gasteiger charge is -2.17. The number of esters is 1. The van der Waals surface area contributed by atoms with E-state index in [1.54, 1.807) is 0 Å². The largest absolute Gasteiger partial charge is 0.459 e. The van der Waals surface area contributed by atoms with E-state index in [-0.39, 0.29) is 18.0 Å². The number of carbonyl (C=O) groups excluding carboxylic acids is 1. The fraction of sp³-hybridized carbons (Fsp3) is 0.500. The minimum absolute atomic E-state index is 0.0553. The first kappa shape index (κ1) is 12.1. The van der Waals surface area contributed by atoms with Crippen LogP contribution in [0.5, 0.6) is 0 Å². The summed E-state index contributed by atoms with van der Waals surface area (Å²) in [5.41, 5.74) is 1.03. The highest BCUT2D eigenvalue weighted by atomic mass is 16.6. The van der Waals surface area contributed by atoms with E-state index in [0.29, 0.717) is 13.2 Å². The fourth-order valence-electron chi connectivity index (χ4n) is 2.08. The molecule has 0 bridgehead atoms. The molecule has 0 unspecified atom stereocenters. The Hall–Kier alpha value is -1.35. The highest BCUT2D eigenvalue weighted by Crippen LogP contribution is 2.22. The fourth-order valence-corrected chi connectivity index (χ4v) is 2.08. The highest BCUT2D eigenvalue weighted by Gasteiger charge is 2.25. The predicted octanol–water partition coefficient (Wildman–Crippen LogP) is 2.51. The molecule has 1 aliphatic rings. The Bertz CT molecular complexity index is 355. The van der Waals surface area contributed by atoms with Crippen molar-refractivity contribution in [3.63, 3.8) is 0 Å². The molecule has 3 nitrogen and oxygen atoms in total. The number of ether oxygens (including phenoxy) is 2. The van der Waals surface area contributed by atoms with E-state index in [4.69, 9.17) is 9.47 Å². The second kappa shape index (κ2) is 5.82. The van der Waals surface area contributed by atoms with Gasteiger partial charge in [0.1, 0.15) is 6.10 Å². The minimum Gasteiger partial charge on any atom is -0.459 e. The predicted molar refractivity (Wildman–Crippen MR) is 64.8 cm³/mol. The normalized spacial score (nSPS) is 21.1. The van der Waals surface area contributed by atoms with Crippen LogP contribution in [0, 0.1) is 0 Å². The summed E-state index contributed by atoms with van der Waals surface area (Å²) in [7, 11) is 0. The first-order valence-electron chi connectivity index (χ1n) is 6.14. The molecule has 92 valence electrons. The molecule has 1 aromatic rings. The smallest absolute Gasteiger partial charge is 0.313 e. The first-order valence-corrected chi connectivity index (χ1v) is 6.14. The summed E-state index contributed by atoms with van der Waals surface area (Å²) in [6.45, 7) is 3.24. The van der Waals surface area contributed by atoms with Crippen molar-refractivity contribution in [1.29, 1.82) is 0 Å². The molecule has 0 aromatic heterocycles. The number of hydrogen-bond acceptors (Lipinski definition) is 3. The number of carbonyl (C=O) groups is 1. The average molecular weight is 234 g/mol. The van der Waals surface area contributed by atoms with Crippen molar-refractivity contribution in [1.82, 2.24) is 0 Å². The van der Waals surface area contributed by atoms with Gasteiger partial charge in [-0.2, -0.15) is 0 Å². The zero-order chi connectivity index (χ0) is 12.1. The van der Waals surface area contributed by atoms with Gasteiger partial charge in [-0.15, -0.1) is 0 Å². The van der Waals surface area contributed by atoms with Gasteiger partial charge < -0.3 is 9.47 Å². The van der Waals surface area contributed by atoms with Gasteiger partial charge in [-0.3, -0.25) is 4.79 Å². The molecule has 1 aliphatic heterocycles. The van der Waals surface area contributed by atoms with Crippen molar-refractivity contribution in [3.05, 3.63) is 35.9 Å². The summed E-state index contributed by atoms with van der Waals surface area (Å²) in [5, 5.41) is 0. The van der Waals surface area contributed by atoms with Crippen molar-refractivity contribution in [2.24, 2.45) is 0 Å². The number of hydrogen-bond donors (Lipinski definition) is 0. The Morgan fingerprint density at radius 3 is 2.82 bits per heavy atom. The Kier molecular flexibility index (Phi) is 4.15. The molecule has 1 aromatic carbocycles. The molecule has 2 rings (SSSR count). The molecule has 1 fully saturated rings. The van der Waals surface area contributed by atoms with Crippen LogP contribution in [0.4, 0.5) is 0 Å². The highest BCUT2D eigenvalue weighted by molar-refractivity contribution is 5.78. The van der Waals surface area contributed by atoms with E-state index in [9.17, 15) is 4.79 Å². The average Bonchev–Trinajstić information content (AvgIpc) is 2.84. The SMILES string of the molecule is CC[C@@H](C(=O)O[C@@H]1CCOC1)c1ccccc1. The Morgan fingerprint density at radius 1 is 1.47 bits per heavy atom. The third-order valence-corrected chi connectivity index (χ3v) is 3.07. The Balaban J connectivity index is 2.00. The van der Waals surface area contributed by atoms with Gasteiger partial charge in [0.25, 0.3) is 0 Å². The topological polar surface area (TPSA) is 35.5 Å². The van der Waals surface area contributed by atoms with Gasteiger partial charge >= 0.3 is 5.97 Å². The molecule has 2 atom stereocenters. The molecule has 0 radical (unpaired) electrons. The molecule has 0 spiro atoms. The summed E-state index contributed by atoms with van der Waals surface area (Å²) in [6.07, 6.45) is 1.52. The van der Waals surface area contributed by atoms with Gasteiger partial charge in [-0.1, -0.05) is 37.3 Å². The van der Waals surface area contributed by atoms with Crippen LogP contribution in [0.3, 0.4) is 0 Å². The van der Waals surface area contributed by atoms with Crippen LogP contribution >= 0.6 is 0 Å². The lowest BCUT2D eigenvalue weighted by Crippen LogP contribution is -2.23. The Morgan fingerprint density at radius 2 is 2.24 bits per heavy atom. The van der Waals surface area contributed by atoms with E-state index in [2.05, 4.69) is 0 Å². The molecular weight excluding hydrogens is 216 g/mol. The van der Waals surface area contributed by atoms with Crippen LogP contribution in [0.1, 0.15) is 31.2 Å². The number of rotatable bonds is 4. The molecule has 0 amide bonds. The summed E-state index contributed by atoms with van der Waals surface area (Å²) < 4.78 is 10.7. The van der Waals surface area contributed by atoms with Gasteiger partial charge in [0, 0.05) is 6.42 Å². The zero-order valence-electron chi connectivity index (χ0n) is 10.1. The van der Waals surface area contributed by atoms with Crippen molar-refractivity contribution in [2.45, 2.75) is 31.8 Å². The van der Waals surface area contributed by atoms with Crippen molar-refractivity contribution in [3.8, 4) is 0 Å². The molecule has 17 heavy (non-hydrogen) atoms. The molecule has 1 heterocycles. The van der Waals surface area contributed by atoms with E-state index >= 15 is 0 Å². The van der Waals surface area contributed by atoms with Gasteiger partial charge in [-0.25, -0.2) is 0 Å². The van der Waals surface area contributed by atoms with Crippen molar-refractivity contribution in [2.75, 3.05) is 13.2 Å². The zero-order valence-corrected chi connectivity index (χ0v) is 10.1. The van der Waals surface area contributed by atoms with Gasteiger partial charge in [-0.05, 0) is 12.0 Å². The lowest BCUT2D eigenvalue weighted by atomic mass is 9.97. The van der Waals surface area contributed by atoms with Crippen molar-refractivity contribution < 1.29 is 14.3 Å². The maximum atomic E-state index is 12.1. The molecule has 0 saturated carbocycles. The molecule has 1 saturated heterocycles. The molecule has 0 N–H and O–H groups in total. The van der Waals surface area contributed by atoms with E-state index < -0.39 is 0 Å². The summed E-state index contributed by atoms with van der Waals surface area (Å²) in [6, 6.07) is 9.79. The van der Waals surface area contributed by atoms with Crippen LogP contribution < -0.4 is 0 Å². The quantitative estimate of drug-likeness (QED) is 0.751. The molecular formula is C14H18O3. The maximum absolute atomic E-state index is 12.1. The van der Waals surface area contributed by atoms with E-state index in [1.807, 2.05) is 37.3 Å². The van der Waals surface area contributed by atoms with E-state index in [0.717, 1.165) is 18.4 Å². The van der Waals surface area contributed by atoms with Crippen LogP contribution in [0.2, 0.25) is 0 Å². The lowest BCUT2D eigenvalue weighted by molar-refractivity contribution is -0.151. The standard InChI is InChI=1S/C14H18O3/c1-2-13(11-6-4-3-5-7-11)14(15)17-12-8-9-16-10-12/h3-7,12-13H,2,8-10H2,1H3/t12-,13-/m1/s1. The second-order valence-corrected chi connectivity index (χ2v) is 4.29.